The van der Waals surface area contributed by atoms with Crippen LogP contribution in [0.3, 0.4) is 0 Å². The summed E-state index contributed by atoms with van der Waals surface area (Å²) in [6, 6.07) is 4.30. The molecule has 96 valence electrons. The molecule has 1 aromatic carbocycles. The van der Waals surface area contributed by atoms with Crippen LogP contribution in [0, 0.1) is 0 Å². The summed E-state index contributed by atoms with van der Waals surface area (Å²) in [5, 5.41) is 3.46. The normalized spacial score (nSPS) is 11.7. The van der Waals surface area contributed by atoms with Crippen molar-refractivity contribution in [1.82, 2.24) is 10.0 Å². The Kier molecular flexibility index (Phi) is 5.69. The van der Waals surface area contributed by atoms with E-state index in [1.165, 1.54) is 18.2 Å². The van der Waals surface area contributed by atoms with E-state index in [0.717, 1.165) is 6.54 Å². The van der Waals surface area contributed by atoms with E-state index in [2.05, 4.69) is 10.0 Å². The smallest absolute Gasteiger partial charge is 0.242 e. The van der Waals surface area contributed by atoms with Crippen molar-refractivity contribution in [3.05, 3.63) is 28.2 Å². The van der Waals surface area contributed by atoms with Crippen LogP contribution in [-0.4, -0.2) is 28.6 Å². The molecule has 0 saturated heterocycles. The third-order valence-electron chi connectivity index (χ3n) is 2.08. The second-order valence-electron chi connectivity index (χ2n) is 3.43. The van der Waals surface area contributed by atoms with Gasteiger partial charge in [0.05, 0.1) is 5.02 Å². The molecule has 0 spiro atoms. The topological polar surface area (TPSA) is 58.2 Å². The Morgan fingerprint density at radius 2 is 1.94 bits per heavy atom. The Labute approximate surface area is 111 Å². The fourth-order valence-electron chi connectivity index (χ4n) is 1.24. The van der Waals surface area contributed by atoms with Gasteiger partial charge in [-0.25, -0.2) is 13.1 Å². The Morgan fingerprint density at radius 3 is 2.53 bits per heavy atom. The predicted octanol–water partition coefficient (Wildman–Crippen LogP) is 1.88. The maximum Gasteiger partial charge on any atom is 0.242 e. The molecule has 0 aliphatic rings. The zero-order valence-corrected chi connectivity index (χ0v) is 11.7. The largest absolute Gasteiger partial charge is 0.320 e. The minimum Gasteiger partial charge on any atom is -0.320 e. The Bertz CT molecular complexity index is 477. The predicted molar refractivity (Wildman–Crippen MR) is 70.2 cm³/mol. The van der Waals surface area contributed by atoms with E-state index < -0.39 is 10.0 Å². The van der Waals surface area contributed by atoms with Crippen molar-refractivity contribution >= 4 is 33.2 Å². The molecule has 4 nitrogen and oxygen atoms in total. The van der Waals surface area contributed by atoms with Crippen molar-refractivity contribution < 1.29 is 8.42 Å². The SMILES string of the molecule is CNCCCNS(=O)(=O)c1ccc(Cl)cc1Cl. The van der Waals surface area contributed by atoms with Gasteiger partial charge in [-0.1, -0.05) is 23.2 Å². The van der Waals surface area contributed by atoms with Gasteiger partial charge in [0, 0.05) is 11.6 Å². The van der Waals surface area contributed by atoms with E-state index in [4.69, 9.17) is 23.2 Å². The van der Waals surface area contributed by atoms with Crippen LogP contribution >= 0.6 is 23.2 Å². The summed E-state index contributed by atoms with van der Waals surface area (Å²) in [6.07, 6.45) is 0.709. The molecule has 0 unspecified atom stereocenters. The van der Waals surface area contributed by atoms with Gasteiger partial charge in [0.25, 0.3) is 0 Å². The van der Waals surface area contributed by atoms with Gasteiger partial charge in [0.2, 0.25) is 10.0 Å². The molecule has 1 rings (SSSR count). The summed E-state index contributed by atoms with van der Waals surface area (Å²) < 4.78 is 26.2. The summed E-state index contributed by atoms with van der Waals surface area (Å²) in [7, 11) is -1.75. The van der Waals surface area contributed by atoms with Crippen LogP contribution in [0.2, 0.25) is 10.0 Å². The number of sulfonamides is 1. The second kappa shape index (κ2) is 6.56. The van der Waals surface area contributed by atoms with E-state index >= 15 is 0 Å². The Morgan fingerprint density at radius 1 is 1.24 bits per heavy atom. The zero-order chi connectivity index (χ0) is 12.9. The van der Waals surface area contributed by atoms with Gasteiger partial charge < -0.3 is 5.32 Å². The summed E-state index contributed by atoms with van der Waals surface area (Å²) in [6.45, 7) is 1.11. The van der Waals surface area contributed by atoms with Crippen molar-refractivity contribution in [3.8, 4) is 0 Å². The molecule has 0 amide bonds. The van der Waals surface area contributed by atoms with Crippen molar-refractivity contribution in [3.63, 3.8) is 0 Å². The average molecular weight is 297 g/mol. The summed E-state index contributed by atoms with van der Waals surface area (Å²) in [5.74, 6) is 0. The lowest BCUT2D eigenvalue weighted by atomic mass is 10.4. The number of halogens is 2. The Balaban J connectivity index is 2.76. The number of hydrogen-bond acceptors (Lipinski definition) is 3. The van der Waals surface area contributed by atoms with Crippen LogP contribution in [0.25, 0.3) is 0 Å². The van der Waals surface area contributed by atoms with Gasteiger partial charge in [-0.15, -0.1) is 0 Å². The highest BCUT2D eigenvalue weighted by Gasteiger charge is 2.17. The first-order chi connectivity index (χ1) is 7.97. The highest BCUT2D eigenvalue weighted by atomic mass is 35.5. The maximum atomic E-state index is 11.9. The van der Waals surface area contributed by atoms with Gasteiger partial charge in [0.15, 0.2) is 0 Å². The first kappa shape index (κ1) is 14.7. The number of rotatable bonds is 6. The van der Waals surface area contributed by atoms with E-state index in [-0.39, 0.29) is 9.92 Å². The van der Waals surface area contributed by atoms with Crippen molar-refractivity contribution in [2.24, 2.45) is 0 Å². The van der Waals surface area contributed by atoms with Crippen LogP contribution in [0.5, 0.6) is 0 Å². The van der Waals surface area contributed by atoms with Crippen LogP contribution in [-0.2, 0) is 10.0 Å². The fraction of sp³-hybridized carbons (Fsp3) is 0.400. The average Bonchev–Trinajstić information content (AvgIpc) is 2.24. The van der Waals surface area contributed by atoms with Gasteiger partial charge in [-0.05, 0) is 38.2 Å². The minimum absolute atomic E-state index is 0.0491. The molecule has 0 fully saturated rings. The molecular formula is C10H14Cl2N2O2S. The fourth-order valence-corrected chi connectivity index (χ4v) is 3.09. The number of hydrogen-bond donors (Lipinski definition) is 2. The van der Waals surface area contributed by atoms with Crippen molar-refractivity contribution in [2.75, 3.05) is 20.1 Å². The molecule has 0 bridgehead atoms. The van der Waals surface area contributed by atoms with Crippen LogP contribution < -0.4 is 10.0 Å². The van der Waals surface area contributed by atoms with E-state index in [1.807, 2.05) is 7.05 Å². The molecule has 1 aromatic rings. The van der Waals surface area contributed by atoms with E-state index in [1.54, 1.807) is 0 Å². The standard InChI is InChI=1S/C10H14Cl2N2O2S/c1-13-5-2-6-14-17(15,16)10-4-3-8(11)7-9(10)12/h3-4,7,13-14H,2,5-6H2,1H3. The van der Waals surface area contributed by atoms with Gasteiger partial charge in [-0.3, -0.25) is 0 Å². The number of benzene rings is 1. The summed E-state index contributed by atoms with van der Waals surface area (Å²) in [5.41, 5.74) is 0. The molecule has 0 radical (unpaired) electrons. The van der Waals surface area contributed by atoms with Gasteiger partial charge in [-0.2, -0.15) is 0 Å². The minimum atomic E-state index is -3.56. The maximum absolute atomic E-state index is 11.9. The molecule has 0 heterocycles. The molecule has 2 N–H and O–H groups in total. The molecule has 0 aliphatic heterocycles. The first-order valence-electron chi connectivity index (χ1n) is 5.06. The quantitative estimate of drug-likeness (QED) is 0.788. The van der Waals surface area contributed by atoms with Crippen molar-refractivity contribution in [1.29, 1.82) is 0 Å². The number of nitrogens with one attached hydrogen (secondary N) is 2. The highest BCUT2D eigenvalue weighted by Crippen LogP contribution is 2.24. The molecule has 7 heteroatoms. The first-order valence-corrected chi connectivity index (χ1v) is 7.30. The molecule has 0 atom stereocenters. The highest BCUT2D eigenvalue weighted by molar-refractivity contribution is 7.89. The summed E-state index contributed by atoms with van der Waals surface area (Å²) >= 11 is 11.5. The third-order valence-corrected chi connectivity index (χ3v) is 4.26. The van der Waals surface area contributed by atoms with Gasteiger partial charge >= 0.3 is 0 Å². The van der Waals surface area contributed by atoms with Crippen LogP contribution in [0.1, 0.15) is 6.42 Å². The molecule has 0 aliphatic carbocycles. The van der Waals surface area contributed by atoms with E-state index in [0.29, 0.717) is 18.0 Å². The molecule has 0 aromatic heterocycles. The van der Waals surface area contributed by atoms with E-state index in [9.17, 15) is 8.42 Å². The Hall–Kier alpha value is -0.330. The lowest BCUT2D eigenvalue weighted by Gasteiger charge is -2.08. The monoisotopic (exact) mass is 296 g/mol. The summed E-state index contributed by atoms with van der Waals surface area (Å²) in [4.78, 5) is 0.0491. The molecule has 17 heavy (non-hydrogen) atoms. The van der Waals surface area contributed by atoms with Crippen LogP contribution in [0.4, 0.5) is 0 Å². The second-order valence-corrected chi connectivity index (χ2v) is 6.01. The van der Waals surface area contributed by atoms with Crippen LogP contribution in [0.15, 0.2) is 23.1 Å². The zero-order valence-electron chi connectivity index (χ0n) is 9.33. The third kappa shape index (κ3) is 4.44. The molecular weight excluding hydrogens is 283 g/mol. The lowest BCUT2D eigenvalue weighted by molar-refractivity contribution is 0.577. The molecule has 0 saturated carbocycles. The van der Waals surface area contributed by atoms with Gasteiger partial charge in [0.1, 0.15) is 4.90 Å². The lowest BCUT2D eigenvalue weighted by Crippen LogP contribution is -2.27. The van der Waals surface area contributed by atoms with Crippen molar-refractivity contribution in [2.45, 2.75) is 11.3 Å².